The van der Waals surface area contributed by atoms with Crippen molar-refractivity contribution in [3.05, 3.63) is 53.1 Å². The van der Waals surface area contributed by atoms with E-state index in [-0.39, 0.29) is 23.0 Å². The second-order valence-electron chi connectivity index (χ2n) is 7.69. The van der Waals surface area contributed by atoms with E-state index in [9.17, 15) is 18.0 Å². The van der Waals surface area contributed by atoms with E-state index in [0.29, 0.717) is 35.5 Å². The number of carbonyl (C=O) groups is 2. The third-order valence-corrected chi connectivity index (χ3v) is 7.10. The van der Waals surface area contributed by atoms with E-state index in [4.69, 9.17) is 14.2 Å². The summed E-state index contributed by atoms with van der Waals surface area (Å²) in [6, 6.07) is 9.10. The number of hydrogen-bond donors (Lipinski definition) is 0. The maximum Gasteiger partial charge on any atom is 0.389 e. The minimum Gasteiger partial charge on any atom is -0.460 e. The van der Waals surface area contributed by atoms with Crippen molar-refractivity contribution in [3.8, 4) is 11.5 Å². The molecule has 0 spiro atoms. The van der Waals surface area contributed by atoms with Crippen LogP contribution in [0.1, 0.15) is 55.1 Å². The van der Waals surface area contributed by atoms with E-state index in [2.05, 4.69) is 0 Å². The molecule has 1 aliphatic heterocycles. The van der Waals surface area contributed by atoms with E-state index >= 15 is 0 Å². The molecule has 9 heteroatoms. The lowest BCUT2D eigenvalue weighted by molar-refractivity contribution is -0.161. The molecule has 0 saturated carbocycles. The van der Waals surface area contributed by atoms with Gasteiger partial charge in [0.2, 0.25) is 10.0 Å². The van der Waals surface area contributed by atoms with Gasteiger partial charge in [0.05, 0.1) is 11.5 Å². The number of benzene rings is 2. The monoisotopic (exact) mass is 475 g/mol. The van der Waals surface area contributed by atoms with Crippen LogP contribution in [0.3, 0.4) is 0 Å². The lowest BCUT2D eigenvalue weighted by atomic mass is 9.98. The van der Waals surface area contributed by atoms with Gasteiger partial charge in [-0.25, -0.2) is 13.2 Å². The minimum absolute atomic E-state index is 0.153. The molecule has 0 aromatic heterocycles. The lowest BCUT2D eigenvalue weighted by Gasteiger charge is -2.21. The number of ketones is 1. The van der Waals surface area contributed by atoms with Crippen LogP contribution in [-0.4, -0.2) is 50.5 Å². The highest BCUT2D eigenvalue weighted by Crippen LogP contribution is 2.38. The Kier molecular flexibility index (Phi) is 7.76. The van der Waals surface area contributed by atoms with Crippen LogP contribution < -0.4 is 9.47 Å². The molecule has 2 aromatic rings. The predicted octanol–water partition coefficient (Wildman–Crippen LogP) is 3.70. The molecule has 3 rings (SSSR count). The first kappa shape index (κ1) is 24.7. The van der Waals surface area contributed by atoms with Gasteiger partial charge in [-0.2, -0.15) is 4.31 Å². The van der Waals surface area contributed by atoms with E-state index in [1.807, 2.05) is 13.8 Å². The maximum absolute atomic E-state index is 13.1. The summed E-state index contributed by atoms with van der Waals surface area (Å²) in [7, 11) is -3.63. The number of nitrogens with zero attached hydrogens (tertiary/aromatic N) is 1. The molecule has 1 unspecified atom stereocenters. The molecule has 0 saturated heterocycles. The highest BCUT2D eigenvalue weighted by molar-refractivity contribution is 7.89. The number of carbonyl (C=O) groups excluding carboxylic acids is 2. The molecule has 0 radical (unpaired) electrons. The van der Waals surface area contributed by atoms with Crippen LogP contribution in [-0.2, 0) is 19.6 Å². The van der Waals surface area contributed by atoms with Gasteiger partial charge in [0, 0.05) is 24.2 Å². The molecule has 1 heterocycles. The second-order valence-corrected chi connectivity index (χ2v) is 9.63. The van der Waals surface area contributed by atoms with Crippen molar-refractivity contribution >= 4 is 21.8 Å². The summed E-state index contributed by atoms with van der Waals surface area (Å²) in [6.07, 6.45) is 0.232. The number of fused-ring (bicyclic) bond motifs is 1. The summed E-state index contributed by atoms with van der Waals surface area (Å²) in [5.41, 5.74) is 1.35. The van der Waals surface area contributed by atoms with Crippen molar-refractivity contribution in [3.63, 3.8) is 0 Å². The van der Waals surface area contributed by atoms with E-state index in [1.165, 1.54) is 34.6 Å². The molecule has 0 amide bonds. The molecule has 0 bridgehead atoms. The lowest BCUT2D eigenvalue weighted by Crippen LogP contribution is -2.32. The summed E-state index contributed by atoms with van der Waals surface area (Å²) in [6.45, 7) is 8.39. The Morgan fingerprint density at radius 1 is 0.970 bits per heavy atom. The van der Waals surface area contributed by atoms with Crippen LogP contribution in [0.5, 0.6) is 11.5 Å². The molecule has 1 aliphatic rings. The fourth-order valence-corrected chi connectivity index (χ4v) is 5.21. The average Bonchev–Trinajstić information content (AvgIpc) is 3.21. The number of sulfonamides is 1. The Morgan fingerprint density at radius 3 is 2.09 bits per heavy atom. The van der Waals surface area contributed by atoms with Gasteiger partial charge in [0.25, 0.3) is 0 Å². The van der Waals surface area contributed by atoms with Gasteiger partial charge >= 0.3 is 12.3 Å². The maximum atomic E-state index is 13.1. The van der Waals surface area contributed by atoms with Gasteiger partial charge in [0.1, 0.15) is 0 Å². The van der Waals surface area contributed by atoms with E-state index in [0.717, 1.165) is 12.8 Å². The molecular formula is C24H29NO7S. The standard InChI is InChI=1S/C24H29NO7S/c1-5-12-25(13-6-2)33(28,29)18-10-8-17(9-11-18)22(26)19-15-21-20(14-16(19)4)31-24(32-21)23(27)30-7-3/h8-11,14-15,24H,5-7,12-13H2,1-4H3. The first-order valence-electron chi connectivity index (χ1n) is 11.0. The van der Waals surface area contributed by atoms with Gasteiger partial charge in [-0.1, -0.05) is 13.8 Å². The SMILES string of the molecule is CCCN(CCC)S(=O)(=O)c1ccc(C(=O)c2cc3c(cc2C)OC(C(=O)OCC)O3)cc1. The zero-order valence-corrected chi connectivity index (χ0v) is 20.1. The molecule has 0 N–H and O–H groups in total. The number of aryl methyl sites for hydroxylation is 1. The summed E-state index contributed by atoms with van der Waals surface area (Å²) >= 11 is 0. The van der Waals surface area contributed by atoms with Crippen LogP contribution in [0.25, 0.3) is 0 Å². The van der Waals surface area contributed by atoms with Gasteiger partial charge in [0.15, 0.2) is 17.3 Å². The largest absolute Gasteiger partial charge is 0.460 e. The number of rotatable bonds is 10. The Hall–Kier alpha value is -2.91. The zero-order valence-electron chi connectivity index (χ0n) is 19.3. The first-order chi connectivity index (χ1) is 15.7. The topological polar surface area (TPSA) is 99.2 Å². The highest BCUT2D eigenvalue weighted by atomic mass is 32.2. The Balaban J connectivity index is 1.83. The fraction of sp³-hybridized carbons (Fsp3) is 0.417. The predicted molar refractivity (Wildman–Crippen MR) is 122 cm³/mol. The van der Waals surface area contributed by atoms with E-state index in [1.54, 1.807) is 19.9 Å². The zero-order chi connectivity index (χ0) is 24.2. The van der Waals surface area contributed by atoms with Crippen molar-refractivity contribution in [2.45, 2.75) is 51.7 Å². The number of hydrogen-bond acceptors (Lipinski definition) is 7. The summed E-state index contributed by atoms with van der Waals surface area (Å²) in [5, 5.41) is 0. The molecule has 8 nitrogen and oxygen atoms in total. The van der Waals surface area contributed by atoms with Gasteiger partial charge < -0.3 is 14.2 Å². The van der Waals surface area contributed by atoms with Gasteiger partial charge in [-0.05, 0) is 68.7 Å². The highest BCUT2D eigenvalue weighted by Gasteiger charge is 2.33. The average molecular weight is 476 g/mol. The summed E-state index contributed by atoms with van der Waals surface area (Å²) in [4.78, 5) is 25.2. The fourth-order valence-electron chi connectivity index (χ4n) is 3.59. The Labute approximate surface area is 194 Å². The molecule has 1 atom stereocenters. The van der Waals surface area contributed by atoms with Crippen molar-refractivity contribution in [1.29, 1.82) is 0 Å². The summed E-state index contributed by atoms with van der Waals surface area (Å²) in [5.74, 6) is -0.302. The van der Waals surface area contributed by atoms with Crippen LogP contribution >= 0.6 is 0 Å². The smallest absolute Gasteiger partial charge is 0.389 e. The van der Waals surface area contributed by atoms with Crippen LogP contribution in [0.15, 0.2) is 41.3 Å². The second kappa shape index (κ2) is 10.4. The van der Waals surface area contributed by atoms with Crippen LogP contribution in [0.4, 0.5) is 0 Å². The third kappa shape index (κ3) is 5.20. The van der Waals surface area contributed by atoms with Crippen molar-refractivity contribution in [2.24, 2.45) is 0 Å². The Morgan fingerprint density at radius 2 is 1.55 bits per heavy atom. The molecule has 2 aromatic carbocycles. The first-order valence-corrected chi connectivity index (χ1v) is 12.5. The van der Waals surface area contributed by atoms with Gasteiger partial charge in [-0.15, -0.1) is 0 Å². The van der Waals surface area contributed by atoms with Gasteiger partial charge in [-0.3, -0.25) is 4.79 Å². The normalized spacial score (nSPS) is 15.0. The third-order valence-electron chi connectivity index (χ3n) is 5.18. The summed E-state index contributed by atoms with van der Waals surface area (Å²) < 4.78 is 43.3. The quantitative estimate of drug-likeness (QED) is 0.382. The van der Waals surface area contributed by atoms with E-state index < -0.39 is 22.3 Å². The molecular weight excluding hydrogens is 446 g/mol. The van der Waals surface area contributed by atoms with Crippen molar-refractivity contribution < 1.29 is 32.2 Å². The Bertz CT molecular complexity index is 1120. The van der Waals surface area contributed by atoms with Crippen molar-refractivity contribution in [2.75, 3.05) is 19.7 Å². The van der Waals surface area contributed by atoms with Crippen molar-refractivity contribution in [1.82, 2.24) is 4.31 Å². The van der Waals surface area contributed by atoms with Crippen LogP contribution in [0.2, 0.25) is 0 Å². The van der Waals surface area contributed by atoms with Crippen LogP contribution in [0, 0.1) is 6.92 Å². The molecule has 33 heavy (non-hydrogen) atoms. The molecule has 0 aliphatic carbocycles. The minimum atomic E-state index is -3.63. The number of ether oxygens (including phenoxy) is 3. The molecule has 178 valence electrons. The number of esters is 1. The molecule has 0 fully saturated rings.